The molecule has 92 heavy (non-hydrogen) atoms. The van der Waals surface area contributed by atoms with Crippen LogP contribution in [-0.4, -0.2) is 0 Å². The molecule has 5 heteroatoms. The number of allylic oxidation sites excluding steroid dienone is 5. The predicted molar refractivity (Wildman–Crippen MR) is 382 cm³/mol. The molecule has 14 aromatic rings. The topological polar surface area (TPSA) is 45.9 Å². The van der Waals surface area contributed by atoms with Crippen LogP contribution in [0.4, 0.5) is 34.1 Å². The van der Waals surface area contributed by atoms with Gasteiger partial charge < -0.3 is 23.1 Å². The first-order chi connectivity index (χ1) is 44.9. The van der Waals surface area contributed by atoms with Crippen molar-refractivity contribution < 1.29 is 13.3 Å². The molecular formula is C87H68N2O3. The largest absolute Gasteiger partial charge is 0.460 e. The summed E-state index contributed by atoms with van der Waals surface area (Å²) >= 11 is 0. The van der Waals surface area contributed by atoms with Gasteiger partial charge in [-0.1, -0.05) is 224 Å². The van der Waals surface area contributed by atoms with Crippen LogP contribution in [0.25, 0.3) is 88.7 Å². The third-order valence-corrected chi connectivity index (χ3v) is 20.6. The highest BCUT2D eigenvalue weighted by molar-refractivity contribution is 6.16. The summed E-state index contributed by atoms with van der Waals surface area (Å²) in [5.74, 6) is 1.41. The van der Waals surface area contributed by atoms with Crippen molar-refractivity contribution in [3.05, 3.63) is 311 Å². The van der Waals surface area contributed by atoms with E-state index in [-0.39, 0.29) is 16.7 Å². The van der Waals surface area contributed by atoms with E-state index in [9.17, 15) is 0 Å². The van der Waals surface area contributed by atoms with E-state index in [1.165, 1.54) is 61.2 Å². The molecular weight excluding hydrogens is 1120 g/mol. The molecule has 3 heterocycles. The van der Waals surface area contributed by atoms with Gasteiger partial charge in [-0.05, 0) is 165 Å². The summed E-state index contributed by atoms with van der Waals surface area (Å²) in [7, 11) is 0. The molecule has 0 bridgehead atoms. The second-order valence-corrected chi connectivity index (χ2v) is 27.9. The standard InChI is InChI=1S/C87H68N2O3/c1-85(2,3)55-39-46-64-65-47-40-56(86(4,5)6)50-75(65)87(74(64)49-55)73-32-16-13-27-70(73)80-76(89(58-23-11-8-12-24-58)60-43-37-54(38-44-60)63-29-20-31-69-67-26-15-18-34-78(67)91-83(63)69)52-72-71-51-61(45-48-79(71)92-84(72)81(80)87)88(57-21-9-7-10-22-57)59-41-35-53(36-42-59)62-28-19-30-68-66-25-14-17-33-77(66)90-82(62)68/h7-28,30-49,51-52,56,63H,29,50H2,1-6H3. The third-order valence-electron chi connectivity index (χ3n) is 20.6. The fourth-order valence-electron chi connectivity index (χ4n) is 16.1. The normalized spacial score (nSPS) is 17.3. The van der Waals surface area contributed by atoms with Crippen LogP contribution >= 0.6 is 0 Å². The van der Waals surface area contributed by atoms with Gasteiger partial charge in [0.2, 0.25) is 0 Å². The van der Waals surface area contributed by atoms with Gasteiger partial charge in [-0.15, -0.1) is 0 Å². The van der Waals surface area contributed by atoms with Crippen molar-refractivity contribution in [2.45, 2.75) is 71.1 Å². The second-order valence-electron chi connectivity index (χ2n) is 27.9. The average molecular weight is 1190 g/mol. The molecule has 0 aliphatic heterocycles. The fourth-order valence-corrected chi connectivity index (χ4v) is 16.1. The van der Waals surface area contributed by atoms with Gasteiger partial charge >= 0.3 is 0 Å². The van der Waals surface area contributed by atoms with Crippen molar-refractivity contribution in [1.29, 1.82) is 0 Å². The summed E-state index contributed by atoms with van der Waals surface area (Å²) in [5.41, 5.74) is 26.2. The Kier molecular flexibility index (Phi) is 11.9. The average Bonchev–Trinajstić information content (AvgIpc) is 1.49. The number of benzene rings is 11. The predicted octanol–water partition coefficient (Wildman–Crippen LogP) is 24.4. The Hall–Kier alpha value is -10.6. The molecule has 18 rings (SSSR count). The highest BCUT2D eigenvalue weighted by atomic mass is 16.3. The maximum absolute atomic E-state index is 7.75. The van der Waals surface area contributed by atoms with Gasteiger partial charge in [0.15, 0.2) is 0 Å². The molecule has 0 amide bonds. The highest BCUT2D eigenvalue weighted by Crippen LogP contribution is 2.68. The molecule has 0 saturated carbocycles. The van der Waals surface area contributed by atoms with Gasteiger partial charge in [0.25, 0.3) is 0 Å². The molecule has 0 N–H and O–H groups in total. The summed E-state index contributed by atoms with van der Waals surface area (Å²) in [5, 5.41) is 5.51. The van der Waals surface area contributed by atoms with E-state index in [4.69, 9.17) is 13.3 Å². The minimum Gasteiger partial charge on any atom is -0.460 e. The first kappa shape index (κ1) is 54.3. The van der Waals surface area contributed by atoms with Crippen LogP contribution in [0, 0.1) is 11.3 Å². The van der Waals surface area contributed by atoms with Crippen molar-refractivity contribution in [3.8, 4) is 22.3 Å². The Bertz CT molecular complexity index is 5430. The molecule has 4 aliphatic carbocycles. The summed E-state index contributed by atoms with van der Waals surface area (Å²) in [4.78, 5) is 4.90. The molecule has 5 nitrogen and oxygen atoms in total. The van der Waals surface area contributed by atoms with Gasteiger partial charge in [0.1, 0.15) is 33.7 Å². The summed E-state index contributed by atoms with van der Waals surface area (Å²) in [6.07, 6.45) is 11.3. The van der Waals surface area contributed by atoms with Gasteiger partial charge in [0.05, 0.1) is 11.1 Å². The highest BCUT2D eigenvalue weighted by Gasteiger charge is 2.57. The van der Waals surface area contributed by atoms with Crippen molar-refractivity contribution in [2.24, 2.45) is 11.3 Å². The van der Waals surface area contributed by atoms with E-state index in [2.05, 4.69) is 312 Å². The summed E-state index contributed by atoms with van der Waals surface area (Å²) in [6.45, 7) is 14.3. The van der Waals surface area contributed by atoms with Crippen molar-refractivity contribution in [2.75, 3.05) is 9.80 Å². The molecule has 1 spiro atoms. The zero-order valence-corrected chi connectivity index (χ0v) is 52.6. The molecule has 0 fully saturated rings. The van der Waals surface area contributed by atoms with Crippen LogP contribution in [0.3, 0.4) is 0 Å². The van der Waals surface area contributed by atoms with Crippen LogP contribution in [0.1, 0.15) is 105 Å². The van der Waals surface area contributed by atoms with Crippen LogP contribution in [0.15, 0.2) is 280 Å². The number of hydrogen-bond donors (Lipinski definition) is 0. The second kappa shape index (κ2) is 20.2. The number of hydrogen-bond acceptors (Lipinski definition) is 5. The first-order valence-corrected chi connectivity index (χ1v) is 32.6. The van der Waals surface area contributed by atoms with E-state index in [0.717, 1.165) is 119 Å². The lowest BCUT2D eigenvalue weighted by Gasteiger charge is -2.38. The molecule has 0 saturated heterocycles. The molecule has 3 atom stereocenters. The number of rotatable bonds is 8. The number of anilines is 6. The zero-order chi connectivity index (χ0) is 61.8. The quantitative estimate of drug-likeness (QED) is 0.152. The maximum atomic E-state index is 7.75. The van der Waals surface area contributed by atoms with Crippen LogP contribution in [0.5, 0.6) is 0 Å². The van der Waals surface area contributed by atoms with E-state index < -0.39 is 5.41 Å². The number of para-hydroxylation sites is 5. The SMILES string of the molecule is CC(C)(C)c1ccc2c(c1)C1(C3=C2C=CC(C(C)(C)C)C3)c2ccccc2-c2c(N(c3ccccc3)c3ccc(C4CC=Cc5c4oc4ccccc54)cc3)cc3c(oc4ccc(N(c5ccccc5)c5ccc(-c6cccc7c6oc6ccccc67)cc5)cc43)c21. The van der Waals surface area contributed by atoms with Gasteiger partial charge in [-0.3, -0.25) is 0 Å². The minimum absolute atomic E-state index is 0.0130. The van der Waals surface area contributed by atoms with Crippen molar-refractivity contribution >= 4 is 101 Å². The third kappa shape index (κ3) is 8.10. The van der Waals surface area contributed by atoms with E-state index in [1.807, 2.05) is 6.07 Å². The molecule has 4 aliphatic rings. The minimum atomic E-state index is -0.702. The van der Waals surface area contributed by atoms with Crippen LogP contribution in [0.2, 0.25) is 0 Å². The fraction of sp³-hybridized carbons (Fsp3) is 0.149. The molecule has 11 aromatic carbocycles. The lowest BCUT2D eigenvalue weighted by atomic mass is 9.64. The van der Waals surface area contributed by atoms with E-state index in [1.54, 1.807) is 0 Å². The van der Waals surface area contributed by atoms with Crippen LogP contribution in [-0.2, 0) is 10.8 Å². The van der Waals surface area contributed by atoms with Gasteiger partial charge in [-0.25, -0.2) is 0 Å². The molecule has 444 valence electrons. The number of nitrogens with zero attached hydrogens (tertiary/aromatic N) is 2. The maximum Gasteiger partial charge on any atom is 0.143 e. The number of furan rings is 3. The van der Waals surface area contributed by atoms with Crippen molar-refractivity contribution in [1.82, 2.24) is 0 Å². The lowest BCUT2D eigenvalue weighted by molar-refractivity contribution is 0.285. The van der Waals surface area contributed by atoms with Crippen LogP contribution < -0.4 is 9.80 Å². The van der Waals surface area contributed by atoms with Crippen molar-refractivity contribution in [3.63, 3.8) is 0 Å². The summed E-state index contributed by atoms with van der Waals surface area (Å²) < 4.78 is 21.0. The molecule has 3 aromatic heterocycles. The molecule has 0 radical (unpaired) electrons. The monoisotopic (exact) mass is 1190 g/mol. The zero-order valence-electron chi connectivity index (χ0n) is 52.6. The molecule has 3 unspecified atom stereocenters. The Morgan fingerprint density at radius 3 is 1.83 bits per heavy atom. The van der Waals surface area contributed by atoms with E-state index in [0.29, 0.717) is 5.92 Å². The lowest BCUT2D eigenvalue weighted by Crippen LogP contribution is -2.32. The Labute approximate surface area is 536 Å². The van der Waals surface area contributed by atoms with Gasteiger partial charge in [0, 0.05) is 83.5 Å². The Balaban J connectivity index is 0.888. The Morgan fingerprint density at radius 2 is 1.07 bits per heavy atom. The smallest absolute Gasteiger partial charge is 0.143 e. The summed E-state index contributed by atoms with van der Waals surface area (Å²) in [6, 6.07) is 89.3. The Morgan fingerprint density at radius 1 is 0.446 bits per heavy atom. The van der Waals surface area contributed by atoms with Gasteiger partial charge in [-0.2, -0.15) is 0 Å². The first-order valence-electron chi connectivity index (χ1n) is 32.6. The number of fused-ring (bicyclic) bond motifs is 19. The van der Waals surface area contributed by atoms with E-state index >= 15 is 0 Å².